The van der Waals surface area contributed by atoms with Gasteiger partial charge in [-0.1, -0.05) is 26.0 Å². The third-order valence-electron chi connectivity index (χ3n) is 1.71. The minimum absolute atomic E-state index is 0.479. The maximum Gasteiger partial charge on any atom is 0.569 e. The zero-order chi connectivity index (χ0) is 8.97. The van der Waals surface area contributed by atoms with Crippen molar-refractivity contribution in [1.82, 2.24) is 0 Å². The van der Waals surface area contributed by atoms with Crippen molar-refractivity contribution in [3.63, 3.8) is 0 Å². The molecule has 1 N–H and O–H groups in total. The van der Waals surface area contributed by atoms with E-state index >= 15 is 0 Å². The van der Waals surface area contributed by atoms with Gasteiger partial charge in [0.1, 0.15) is 5.75 Å². The molecule has 0 amide bonds. The molecule has 0 spiro atoms. The van der Waals surface area contributed by atoms with Gasteiger partial charge in [-0.3, -0.25) is 0 Å². The van der Waals surface area contributed by atoms with Crippen molar-refractivity contribution in [2.75, 3.05) is 0 Å². The fourth-order valence-electron chi connectivity index (χ4n) is 1.01. The van der Waals surface area contributed by atoms with Crippen LogP contribution >= 0.6 is 0 Å². The topological polar surface area (TPSA) is 29.5 Å². The van der Waals surface area contributed by atoms with Crippen LogP contribution in [0.2, 0.25) is 0 Å². The van der Waals surface area contributed by atoms with E-state index in [-0.39, 0.29) is 0 Å². The average molecular weight is 163 g/mol. The highest BCUT2D eigenvalue weighted by atomic mass is 16.5. The molecule has 1 aromatic rings. The highest BCUT2D eigenvalue weighted by molar-refractivity contribution is 6.17. The standard InChI is InChI=1S/C9H12BO2/c1-7(2)8-4-3-5-9(6-8)12-10-11/h3-7,11H,1-2H3. The van der Waals surface area contributed by atoms with Crippen LogP contribution in [0.3, 0.4) is 0 Å². The lowest BCUT2D eigenvalue weighted by Gasteiger charge is -2.07. The van der Waals surface area contributed by atoms with Gasteiger partial charge in [0.25, 0.3) is 0 Å². The molecule has 0 atom stereocenters. The van der Waals surface area contributed by atoms with Gasteiger partial charge in [-0.2, -0.15) is 0 Å². The second-order valence-corrected chi connectivity index (χ2v) is 2.95. The predicted octanol–water partition coefficient (Wildman–Crippen LogP) is 1.72. The normalized spacial score (nSPS) is 10.0. The minimum atomic E-state index is 0.479. The Balaban J connectivity index is 2.81. The summed E-state index contributed by atoms with van der Waals surface area (Å²) in [5, 5.41) is 8.40. The van der Waals surface area contributed by atoms with Gasteiger partial charge < -0.3 is 9.68 Å². The Hall–Kier alpha value is -0.955. The van der Waals surface area contributed by atoms with Crippen LogP contribution in [0, 0.1) is 0 Å². The Morgan fingerprint density at radius 3 is 2.75 bits per heavy atom. The van der Waals surface area contributed by atoms with Gasteiger partial charge in [-0.15, -0.1) is 0 Å². The molecule has 63 valence electrons. The van der Waals surface area contributed by atoms with E-state index in [1.807, 2.05) is 18.2 Å². The van der Waals surface area contributed by atoms with Gasteiger partial charge in [-0.05, 0) is 23.6 Å². The lowest BCUT2D eigenvalue weighted by atomic mass is 10.0. The van der Waals surface area contributed by atoms with E-state index in [2.05, 4.69) is 13.8 Å². The van der Waals surface area contributed by atoms with E-state index in [0.29, 0.717) is 19.4 Å². The Morgan fingerprint density at radius 1 is 1.42 bits per heavy atom. The quantitative estimate of drug-likeness (QED) is 0.687. The van der Waals surface area contributed by atoms with E-state index in [0.717, 1.165) is 0 Å². The fraction of sp³-hybridized carbons (Fsp3) is 0.333. The molecule has 1 aromatic carbocycles. The monoisotopic (exact) mass is 163 g/mol. The molecule has 0 fully saturated rings. The largest absolute Gasteiger partial charge is 0.569 e. The van der Waals surface area contributed by atoms with E-state index < -0.39 is 0 Å². The summed E-state index contributed by atoms with van der Waals surface area (Å²) in [5.41, 5.74) is 1.20. The summed E-state index contributed by atoms with van der Waals surface area (Å²) < 4.78 is 4.83. The Morgan fingerprint density at radius 2 is 2.17 bits per heavy atom. The summed E-state index contributed by atoms with van der Waals surface area (Å²) in [6.45, 7) is 4.23. The van der Waals surface area contributed by atoms with Crippen LogP contribution in [0.5, 0.6) is 5.75 Å². The van der Waals surface area contributed by atoms with E-state index in [1.54, 1.807) is 6.07 Å². The Bertz CT molecular complexity index is 248. The lowest BCUT2D eigenvalue weighted by Crippen LogP contribution is -2.00. The fourth-order valence-corrected chi connectivity index (χ4v) is 1.01. The SMILES string of the molecule is CC(C)c1cccc(O[B]O)c1. The van der Waals surface area contributed by atoms with Crippen molar-refractivity contribution in [2.24, 2.45) is 0 Å². The van der Waals surface area contributed by atoms with E-state index in [1.165, 1.54) is 5.56 Å². The predicted molar refractivity (Wildman–Crippen MR) is 49.1 cm³/mol. The van der Waals surface area contributed by atoms with Crippen molar-refractivity contribution in [3.05, 3.63) is 29.8 Å². The van der Waals surface area contributed by atoms with Crippen molar-refractivity contribution in [2.45, 2.75) is 19.8 Å². The molecule has 0 aliphatic heterocycles. The molecular weight excluding hydrogens is 151 g/mol. The molecule has 0 aromatic heterocycles. The summed E-state index contributed by atoms with van der Waals surface area (Å²) in [6, 6.07) is 7.67. The van der Waals surface area contributed by atoms with Crippen LogP contribution in [-0.2, 0) is 0 Å². The molecule has 1 radical (unpaired) electrons. The van der Waals surface area contributed by atoms with Crippen LogP contribution in [-0.4, -0.2) is 12.7 Å². The second-order valence-electron chi connectivity index (χ2n) is 2.95. The molecule has 0 saturated heterocycles. The third-order valence-corrected chi connectivity index (χ3v) is 1.71. The van der Waals surface area contributed by atoms with Gasteiger partial charge in [0.2, 0.25) is 0 Å². The van der Waals surface area contributed by atoms with Crippen LogP contribution in [0.4, 0.5) is 0 Å². The number of rotatable bonds is 3. The first-order valence-electron chi connectivity index (χ1n) is 3.96. The molecule has 0 bridgehead atoms. The summed E-state index contributed by atoms with van der Waals surface area (Å²) in [5.74, 6) is 1.15. The number of hydrogen-bond donors (Lipinski definition) is 1. The Labute approximate surface area is 73.5 Å². The van der Waals surface area contributed by atoms with Crippen LogP contribution in [0.1, 0.15) is 25.3 Å². The molecule has 0 unspecified atom stereocenters. The summed E-state index contributed by atoms with van der Waals surface area (Å²) in [7, 11) is 0.694. The van der Waals surface area contributed by atoms with Gasteiger partial charge in [0.15, 0.2) is 0 Å². The zero-order valence-corrected chi connectivity index (χ0v) is 7.32. The molecule has 3 heteroatoms. The van der Waals surface area contributed by atoms with Gasteiger partial charge >= 0.3 is 7.69 Å². The Kier molecular flexibility index (Phi) is 3.17. The zero-order valence-electron chi connectivity index (χ0n) is 7.32. The smallest absolute Gasteiger partial charge is 0.537 e. The highest BCUT2D eigenvalue weighted by Crippen LogP contribution is 2.19. The van der Waals surface area contributed by atoms with Gasteiger partial charge in [-0.25, -0.2) is 0 Å². The van der Waals surface area contributed by atoms with E-state index in [4.69, 9.17) is 9.68 Å². The molecular formula is C9H12BO2. The van der Waals surface area contributed by atoms with Crippen molar-refractivity contribution < 1.29 is 9.68 Å². The van der Waals surface area contributed by atoms with Crippen LogP contribution < -0.4 is 4.65 Å². The molecule has 0 aliphatic rings. The minimum Gasteiger partial charge on any atom is -0.537 e. The lowest BCUT2D eigenvalue weighted by molar-refractivity contribution is 0.453. The summed E-state index contributed by atoms with van der Waals surface area (Å²) in [4.78, 5) is 0. The third kappa shape index (κ3) is 2.27. The molecule has 0 aliphatic carbocycles. The first-order valence-corrected chi connectivity index (χ1v) is 3.96. The van der Waals surface area contributed by atoms with Crippen molar-refractivity contribution in [3.8, 4) is 5.75 Å². The molecule has 0 heterocycles. The van der Waals surface area contributed by atoms with Crippen molar-refractivity contribution >= 4 is 7.69 Å². The summed E-state index contributed by atoms with van der Waals surface area (Å²) in [6.07, 6.45) is 0. The van der Waals surface area contributed by atoms with Gasteiger partial charge in [0.05, 0.1) is 0 Å². The van der Waals surface area contributed by atoms with Crippen LogP contribution in [0.15, 0.2) is 24.3 Å². The van der Waals surface area contributed by atoms with E-state index in [9.17, 15) is 0 Å². The van der Waals surface area contributed by atoms with Crippen molar-refractivity contribution in [1.29, 1.82) is 0 Å². The first kappa shape index (κ1) is 9.14. The first-order chi connectivity index (χ1) is 5.74. The molecule has 1 rings (SSSR count). The number of hydrogen-bond acceptors (Lipinski definition) is 2. The van der Waals surface area contributed by atoms with Gasteiger partial charge in [0, 0.05) is 0 Å². The second kappa shape index (κ2) is 4.17. The molecule has 2 nitrogen and oxygen atoms in total. The average Bonchev–Trinajstić information content (AvgIpc) is 2.05. The maximum atomic E-state index is 8.40. The summed E-state index contributed by atoms with van der Waals surface area (Å²) >= 11 is 0. The highest BCUT2D eigenvalue weighted by Gasteiger charge is 2.00. The molecule has 12 heavy (non-hydrogen) atoms. The van der Waals surface area contributed by atoms with Crippen LogP contribution in [0.25, 0.3) is 0 Å². The molecule has 0 saturated carbocycles. The maximum absolute atomic E-state index is 8.40. The number of benzene rings is 1.